The summed E-state index contributed by atoms with van der Waals surface area (Å²) in [5.41, 5.74) is 2.66. The van der Waals surface area contributed by atoms with Gasteiger partial charge in [0.2, 0.25) is 0 Å². The third-order valence-electron chi connectivity index (χ3n) is 4.95. The Bertz CT molecular complexity index is 615. The molecule has 0 atom stereocenters. The van der Waals surface area contributed by atoms with Gasteiger partial charge in [-0.05, 0) is 49.4 Å². The smallest absolute Gasteiger partial charge is 0.0650 e. The fourth-order valence-electron chi connectivity index (χ4n) is 3.42. The predicted molar refractivity (Wildman–Crippen MR) is 105 cm³/mol. The van der Waals surface area contributed by atoms with Crippen LogP contribution in [0.5, 0.6) is 0 Å². The molecular formula is C23H29NO. The summed E-state index contributed by atoms with van der Waals surface area (Å²) in [5.74, 6) is 0.824. The minimum absolute atomic E-state index is 0.710. The highest BCUT2D eigenvalue weighted by atomic mass is 16.5. The lowest BCUT2D eigenvalue weighted by atomic mass is 9.93. The van der Waals surface area contributed by atoms with E-state index in [4.69, 9.17) is 4.74 Å². The second-order valence-electron chi connectivity index (χ2n) is 6.88. The molecular weight excluding hydrogens is 306 g/mol. The summed E-state index contributed by atoms with van der Waals surface area (Å²) in [6.45, 7) is 5.11. The Kier molecular flexibility index (Phi) is 7.29. The highest BCUT2D eigenvalue weighted by molar-refractivity contribution is 5.48. The summed E-state index contributed by atoms with van der Waals surface area (Å²) < 4.78 is 5.78. The van der Waals surface area contributed by atoms with Crippen LogP contribution in [0.15, 0.2) is 66.7 Å². The van der Waals surface area contributed by atoms with Crippen molar-refractivity contribution >= 4 is 6.08 Å². The van der Waals surface area contributed by atoms with Crippen molar-refractivity contribution in [1.29, 1.82) is 0 Å². The van der Waals surface area contributed by atoms with Gasteiger partial charge in [0.15, 0.2) is 0 Å². The monoisotopic (exact) mass is 335 g/mol. The molecule has 0 bridgehead atoms. The molecule has 0 N–H and O–H groups in total. The largest absolute Gasteiger partial charge is 0.377 e. The van der Waals surface area contributed by atoms with E-state index in [2.05, 4.69) is 71.6 Å². The average molecular weight is 335 g/mol. The van der Waals surface area contributed by atoms with Gasteiger partial charge in [0.1, 0.15) is 0 Å². The third-order valence-corrected chi connectivity index (χ3v) is 4.95. The van der Waals surface area contributed by atoms with Crippen LogP contribution in [0.3, 0.4) is 0 Å². The minimum Gasteiger partial charge on any atom is -0.377 e. The van der Waals surface area contributed by atoms with Crippen molar-refractivity contribution < 1.29 is 4.74 Å². The number of benzene rings is 2. The second-order valence-corrected chi connectivity index (χ2v) is 6.88. The molecule has 1 aliphatic rings. The number of hydrogen-bond acceptors (Lipinski definition) is 2. The van der Waals surface area contributed by atoms with E-state index in [0.717, 1.165) is 19.1 Å². The van der Waals surface area contributed by atoms with Crippen molar-refractivity contribution in [1.82, 2.24) is 4.90 Å². The molecule has 0 radical (unpaired) electrons. The SMILES string of the molecule is C(=Cc1ccccc1)COCCC1CCN(Cc2ccccc2)CC1. The molecule has 2 heteroatoms. The molecule has 1 saturated heterocycles. The molecule has 132 valence electrons. The normalized spacial score (nSPS) is 16.5. The first-order valence-electron chi connectivity index (χ1n) is 9.46. The van der Waals surface area contributed by atoms with Crippen molar-refractivity contribution in [3.63, 3.8) is 0 Å². The van der Waals surface area contributed by atoms with E-state index < -0.39 is 0 Å². The topological polar surface area (TPSA) is 12.5 Å². The number of hydrogen-bond donors (Lipinski definition) is 0. The van der Waals surface area contributed by atoms with Crippen LogP contribution in [0.2, 0.25) is 0 Å². The van der Waals surface area contributed by atoms with Crippen LogP contribution in [0.4, 0.5) is 0 Å². The Morgan fingerprint density at radius 1 is 0.920 bits per heavy atom. The van der Waals surface area contributed by atoms with Gasteiger partial charge in [-0.25, -0.2) is 0 Å². The number of nitrogens with zero attached hydrogens (tertiary/aromatic N) is 1. The van der Waals surface area contributed by atoms with Crippen molar-refractivity contribution in [3.05, 3.63) is 77.9 Å². The van der Waals surface area contributed by atoms with Crippen LogP contribution in [-0.2, 0) is 11.3 Å². The molecule has 1 heterocycles. The summed E-state index contributed by atoms with van der Waals surface area (Å²) in [7, 11) is 0. The highest BCUT2D eigenvalue weighted by Crippen LogP contribution is 2.21. The molecule has 0 saturated carbocycles. The van der Waals surface area contributed by atoms with E-state index in [1.54, 1.807) is 0 Å². The molecule has 0 aromatic heterocycles. The molecule has 25 heavy (non-hydrogen) atoms. The van der Waals surface area contributed by atoms with E-state index in [1.165, 1.54) is 43.5 Å². The summed E-state index contributed by atoms with van der Waals surface area (Å²) in [4.78, 5) is 2.58. The zero-order valence-electron chi connectivity index (χ0n) is 15.0. The van der Waals surface area contributed by atoms with Gasteiger partial charge in [-0.1, -0.05) is 72.8 Å². The molecule has 1 fully saturated rings. The summed E-state index contributed by atoms with van der Waals surface area (Å²) in [6, 6.07) is 21.2. The van der Waals surface area contributed by atoms with E-state index >= 15 is 0 Å². The quantitative estimate of drug-likeness (QED) is 0.628. The van der Waals surface area contributed by atoms with Gasteiger partial charge in [-0.3, -0.25) is 4.90 Å². The number of ether oxygens (including phenoxy) is 1. The lowest BCUT2D eigenvalue weighted by Crippen LogP contribution is -2.33. The Labute approximate surface area is 152 Å². The summed E-state index contributed by atoms with van der Waals surface area (Å²) in [6.07, 6.45) is 8.03. The number of piperidine rings is 1. The molecule has 2 aromatic rings. The number of rotatable bonds is 8. The lowest BCUT2D eigenvalue weighted by Gasteiger charge is -2.32. The Morgan fingerprint density at radius 2 is 1.60 bits per heavy atom. The average Bonchev–Trinajstić information content (AvgIpc) is 2.67. The van der Waals surface area contributed by atoms with Crippen LogP contribution < -0.4 is 0 Å². The molecule has 2 nitrogen and oxygen atoms in total. The van der Waals surface area contributed by atoms with Crippen molar-refractivity contribution in [2.24, 2.45) is 5.92 Å². The Morgan fingerprint density at radius 3 is 2.32 bits per heavy atom. The van der Waals surface area contributed by atoms with Crippen LogP contribution in [-0.4, -0.2) is 31.2 Å². The van der Waals surface area contributed by atoms with Gasteiger partial charge in [0.25, 0.3) is 0 Å². The summed E-state index contributed by atoms with van der Waals surface area (Å²) in [5, 5.41) is 0. The fraction of sp³-hybridized carbons (Fsp3) is 0.391. The first-order valence-corrected chi connectivity index (χ1v) is 9.46. The number of likely N-dealkylation sites (tertiary alicyclic amines) is 1. The van der Waals surface area contributed by atoms with Crippen molar-refractivity contribution in [3.8, 4) is 0 Å². The van der Waals surface area contributed by atoms with Gasteiger partial charge in [-0.15, -0.1) is 0 Å². The maximum absolute atomic E-state index is 5.78. The van der Waals surface area contributed by atoms with E-state index in [1.807, 2.05) is 6.07 Å². The maximum atomic E-state index is 5.78. The Hall–Kier alpha value is -1.90. The molecule has 2 aromatic carbocycles. The highest BCUT2D eigenvalue weighted by Gasteiger charge is 2.18. The third kappa shape index (κ3) is 6.49. The van der Waals surface area contributed by atoms with Gasteiger partial charge >= 0.3 is 0 Å². The standard InChI is InChI=1S/C23H29NO/c1-3-8-21(9-4-1)12-7-18-25-19-15-22-13-16-24(17-14-22)20-23-10-5-2-6-11-23/h1-12,22H,13-20H2. The van der Waals surface area contributed by atoms with Crippen LogP contribution in [0.25, 0.3) is 6.08 Å². The zero-order valence-corrected chi connectivity index (χ0v) is 15.0. The predicted octanol–water partition coefficient (Wildman–Crippen LogP) is 5.02. The molecule has 0 amide bonds. The minimum atomic E-state index is 0.710. The van der Waals surface area contributed by atoms with Crippen LogP contribution in [0.1, 0.15) is 30.4 Å². The van der Waals surface area contributed by atoms with Crippen LogP contribution in [0, 0.1) is 5.92 Å². The van der Waals surface area contributed by atoms with E-state index in [-0.39, 0.29) is 0 Å². The fourth-order valence-corrected chi connectivity index (χ4v) is 3.42. The Balaban J connectivity index is 1.26. The molecule has 0 aliphatic carbocycles. The molecule has 0 unspecified atom stereocenters. The van der Waals surface area contributed by atoms with Crippen molar-refractivity contribution in [2.45, 2.75) is 25.8 Å². The van der Waals surface area contributed by atoms with E-state index in [9.17, 15) is 0 Å². The molecule has 3 rings (SSSR count). The second kappa shape index (κ2) is 10.2. The molecule has 1 aliphatic heterocycles. The van der Waals surface area contributed by atoms with E-state index in [0.29, 0.717) is 6.61 Å². The first kappa shape index (κ1) is 17.9. The summed E-state index contributed by atoms with van der Waals surface area (Å²) >= 11 is 0. The molecule has 0 spiro atoms. The first-order chi connectivity index (χ1) is 12.4. The van der Waals surface area contributed by atoms with Gasteiger partial charge in [-0.2, -0.15) is 0 Å². The van der Waals surface area contributed by atoms with Gasteiger partial charge < -0.3 is 4.74 Å². The zero-order chi connectivity index (χ0) is 17.2. The maximum Gasteiger partial charge on any atom is 0.0650 e. The van der Waals surface area contributed by atoms with Gasteiger partial charge in [0, 0.05) is 13.2 Å². The lowest BCUT2D eigenvalue weighted by molar-refractivity contribution is 0.116. The van der Waals surface area contributed by atoms with Crippen LogP contribution >= 0.6 is 0 Å². The van der Waals surface area contributed by atoms with Gasteiger partial charge in [0.05, 0.1) is 6.61 Å². The van der Waals surface area contributed by atoms with Crippen molar-refractivity contribution in [2.75, 3.05) is 26.3 Å².